The fourth-order valence-electron chi connectivity index (χ4n) is 1.81. The maximum Gasteiger partial charge on any atom is -0.00632 e. The van der Waals surface area contributed by atoms with Gasteiger partial charge < -0.3 is 0 Å². The van der Waals surface area contributed by atoms with Crippen LogP contribution in [0.25, 0.3) is 17.2 Å². The Kier molecular flexibility index (Phi) is 4.45. The van der Waals surface area contributed by atoms with Gasteiger partial charge >= 0.3 is 0 Å². The largest absolute Gasteiger partial charge is 0.179 e. The minimum absolute atomic E-state index is 0.893. The zero-order valence-corrected chi connectivity index (χ0v) is 10.6. The van der Waals surface area contributed by atoms with Gasteiger partial charge in [-0.15, -0.1) is 0 Å². The van der Waals surface area contributed by atoms with Gasteiger partial charge in [0.1, 0.15) is 0 Å². The third kappa shape index (κ3) is 3.24. The van der Waals surface area contributed by atoms with Gasteiger partial charge in [0, 0.05) is 0 Å². The number of benzene rings is 2. The summed E-state index contributed by atoms with van der Waals surface area (Å²) >= 11 is 4.21. The minimum Gasteiger partial charge on any atom is -0.179 e. The molecule has 0 saturated heterocycles. The molecule has 0 saturated carbocycles. The molecule has 0 spiro atoms. The lowest BCUT2D eigenvalue weighted by Crippen LogP contribution is -1.82. The van der Waals surface area contributed by atoms with Gasteiger partial charge in [0.2, 0.25) is 0 Å². The van der Waals surface area contributed by atoms with Crippen LogP contribution in [-0.2, 0) is 0 Å². The van der Waals surface area contributed by atoms with Crippen molar-refractivity contribution in [1.29, 1.82) is 0 Å². The van der Waals surface area contributed by atoms with Crippen LogP contribution in [-0.4, -0.2) is 5.75 Å². The standard InChI is InChI=1S/C16H16S/c17-13-7-6-11-15-10-4-5-12-16(15)14-8-2-1-3-9-14/h1-6,8-12,17H,7,13H2. The summed E-state index contributed by atoms with van der Waals surface area (Å²) in [7, 11) is 0. The molecule has 0 N–H and O–H groups in total. The van der Waals surface area contributed by atoms with Gasteiger partial charge in [-0.2, -0.15) is 12.6 Å². The molecule has 0 unspecified atom stereocenters. The van der Waals surface area contributed by atoms with Crippen molar-refractivity contribution in [3.63, 3.8) is 0 Å². The summed E-state index contributed by atoms with van der Waals surface area (Å²) in [5.74, 6) is 0.893. The third-order valence-corrected chi connectivity index (χ3v) is 2.90. The highest BCUT2D eigenvalue weighted by molar-refractivity contribution is 7.80. The Morgan fingerprint density at radius 2 is 1.59 bits per heavy atom. The summed E-state index contributed by atoms with van der Waals surface area (Å²) in [5.41, 5.74) is 3.81. The maximum atomic E-state index is 4.21. The molecule has 0 nitrogen and oxygen atoms in total. The molecule has 0 atom stereocenters. The zero-order valence-electron chi connectivity index (χ0n) is 9.71. The van der Waals surface area contributed by atoms with E-state index in [1.54, 1.807) is 0 Å². The second-order valence-electron chi connectivity index (χ2n) is 3.87. The molecule has 0 aliphatic carbocycles. The van der Waals surface area contributed by atoms with E-state index in [1.807, 2.05) is 6.07 Å². The van der Waals surface area contributed by atoms with E-state index in [0.717, 1.165) is 12.2 Å². The monoisotopic (exact) mass is 240 g/mol. The fraction of sp³-hybridized carbons (Fsp3) is 0.125. The van der Waals surface area contributed by atoms with Crippen LogP contribution >= 0.6 is 12.6 Å². The van der Waals surface area contributed by atoms with E-state index < -0.39 is 0 Å². The first kappa shape index (κ1) is 12.0. The molecule has 0 bridgehead atoms. The Hall–Kier alpha value is -1.47. The number of thiol groups is 1. The summed E-state index contributed by atoms with van der Waals surface area (Å²) in [4.78, 5) is 0. The predicted molar refractivity (Wildman–Crippen MR) is 79.4 cm³/mol. The third-order valence-electron chi connectivity index (χ3n) is 2.64. The summed E-state index contributed by atoms with van der Waals surface area (Å²) in [5, 5.41) is 0. The number of hydrogen-bond donors (Lipinski definition) is 1. The lowest BCUT2D eigenvalue weighted by molar-refractivity contribution is 1.26. The summed E-state index contributed by atoms with van der Waals surface area (Å²) < 4.78 is 0. The SMILES string of the molecule is SCCC=Cc1ccccc1-c1ccccc1. The van der Waals surface area contributed by atoms with E-state index >= 15 is 0 Å². The van der Waals surface area contributed by atoms with Gasteiger partial charge in [0.05, 0.1) is 0 Å². The molecule has 0 aliphatic rings. The van der Waals surface area contributed by atoms with Crippen molar-refractivity contribution in [2.75, 3.05) is 5.75 Å². The van der Waals surface area contributed by atoms with Crippen LogP contribution in [0.2, 0.25) is 0 Å². The van der Waals surface area contributed by atoms with E-state index in [2.05, 4.69) is 73.3 Å². The van der Waals surface area contributed by atoms with E-state index in [0.29, 0.717) is 0 Å². The Morgan fingerprint density at radius 3 is 2.35 bits per heavy atom. The quantitative estimate of drug-likeness (QED) is 0.737. The average Bonchev–Trinajstić information content (AvgIpc) is 2.41. The van der Waals surface area contributed by atoms with Crippen molar-refractivity contribution in [3.8, 4) is 11.1 Å². The van der Waals surface area contributed by atoms with Crippen LogP contribution in [0.3, 0.4) is 0 Å². The summed E-state index contributed by atoms with van der Waals surface area (Å²) in [6.07, 6.45) is 5.36. The Bertz CT molecular complexity index is 486. The molecule has 17 heavy (non-hydrogen) atoms. The van der Waals surface area contributed by atoms with Crippen LogP contribution in [0.15, 0.2) is 60.7 Å². The number of rotatable bonds is 4. The van der Waals surface area contributed by atoms with Crippen LogP contribution in [0.1, 0.15) is 12.0 Å². The number of allylic oxidation sites excluding steroid dienone is 1. The van der Waals surface area contributed by atoms with Crippen molar-refractivity contribution in [2.45, 2.75) is 6.42 Å². The molecular formula is C16H16S. The van der Waals surface area contributed by atoms with Gasteiger partial charge in [-0.05, 0) is 28.9 Å². The highest BCUT2D eigenvalue weighted by Crippen LogP contribution is 2.24. The lowest BCUT2D eigenvalue weighted by atomic mass is 9.99. The van der Waals surface area contributed by atoms with Crippen molar-refractivity contribution >= 4 is 18.7 Å². The molecule has 0 amide bonds. The van der Waals surface area contributed by atoms with Crippen LogP contribution in [0.4, 0.5) is 0 Å². The first-order valence-electron chi connectivity index (χ1n) is 5.83. The highest BCUT2D eigenvalue weighted by Gasteiger charge is 2.00. The molecule has 0 heterocycles. The van der Waals surface area contributed by atoms with Gasteiger partial charge in [0.25, 0.3) is 0 Å². The summed E-state index contributed by atoms with van der Waals surface area (Å²) in [6.45, 7) is 0. The van der Waals surface area contributed by atoms with Gasteiger partial charge in [-0.3, -0.25) is 0 Å². The molecular weight excluding hydrogens is 224 g/mol. The summed E-state index contributed by atoms with van der Waals surface area (Å²) in [6, 6.07) is 18.9. The molecule has 2 rings (SSSR count). The average molecular weight is 240 g/mol. The van der Waals surface area contributed by atoms with Gasteiger partial charge in [-0.25, -0.2) is 0 Å². The minimum atomic E-state index is 0.893. The first-order valence-corrected chi connectivity index (χ1v) is 6.47. The Labute approximate surface area is 108 Å². The molecule has 0 radical (unpaired) electrons. The van der Waals surface area contributed by atoms with Crippen molar-refractivity contribution in [1.82, 2.24) is 0 Å². The highest BCUT2D eigenvalue weighted by atomic mass is 32.1. The van der Waals surface area contributed by atoms with Crippen molar-refractivity contribution in [2.24, 2.45) is 0 Å². The smallest absolute Gasteiger partial charge is 0.00632 e. The molecule has 86 valence electrons. The van der Waals surface area contributed by atoms with E-state index in [4.69, 9.17) is 0 Å². The van der Waals surface area contributed by atoms with Crippen molar-refractivity contribution < 1.29 is 0 Å². The molecule has 0 aromatic heterocycles. The second kappa shape index (κ2) is 6.31. The van der Waals surface area contributed by atoms with Crippen LogP contribution < -0.4 is 0 Å². The number of hydrogen-bond acceptors (Lipinski definition) is 1. The Morgan fingerprint density at radius 1 is 0.882 bits per heavy atom. The van der Waals surface area contributed by atoms with Crippen LogP contribution in [0.5, 0.6) is 0 Å². The maximum absolute atomic E-state index is 4.21. The van der Waals surface area contributed by atoms with E-state index in [9.17, 15) is 0 Å². The fourth-order valence-corrected chi connectivity index (χ4v) is 1.96. The van der Waals surface area contributed by atoms with Gasteiger partial charge in [0.15, 0.2) is 0 Å². The normalized spacial score (nSPS) is 10.9. The second-order valence-corrected chi connectivity index (χ2v) is 4.32. The first-order chi connectivity index (χ1) is 8.42. The Balaban J connectivity index is 2.34. The molecule has 0 fully saturated rings. The topological polar surface area (TPSA) is 0 Å². The predicted octanol–water partition coefficient (Wildman–Crippen LogP) is 4.69. The molecule has 2 aromatic carbocycles. The van der Waals surface area contributed by atoms with E-state index in [-0.39, 0.29) is 0 Å². The van der Waals surface area contributed by atoms with Crippen LogP contribution in [0, 0.1) is 0 Å². The lowest BCUT2D eigenvalue weighted by Gasteiger charge is -2.05. The van der Waals surface area contributed by atoms with Gasteiger partial charge in [-0.1, -0.05) is 66.7 Å². The zero-order chi connectivity index (χ0) is 11.9. The molecule has 0 aliphatic heterocycles. The molecule has 1 heteroatoms. The van der Waals surface area contributed by atoms with E-state index in [1.165, 1.54) is 16.7 Å². The molecule has 2 aromatic rings. The van der Waals surface area contributed by atoms with Crippen molar-refractivity contribution in [3.05, 3.63) is 66.2 Å².